The molecule has 21 heavy (non-hydrogen) atoms. The molecule has 2 heterocycles. The molecule has 0 bridgehead atoms. The number of carbonyl (C=O) groups is 2. The Morgan fingerprint density at radius 1 is 1.38 bits per heavy atom. The summed E-state index contributed by atoms with van der Waals surface area (Å²) in [5.41, 5.74) is 0.835. The quantitative estimate of drug-likeness (QED) is 0.914. The molecule has 0 unspecified atom stereocenters. The van der Waals surface area contributed by atoms with Crippen molar-refractivity contribution in [3.05, 3.63) is 41.0 Å². The smallest absolute Gasteiger partial charge is 0.276 e. The Morgan fingerprint density at radius 2 is 2.19 bits per heavy atom. The molecule has 1 N–H and O–H groups in total. The standard InChI is InChI=1S/C14H12ClN3O3/c15-10-4-2-1-3-9(10)12-7-11(17-21-12)14(20)18-6-5-16-13(19)8-18/h1-4,7H,5-6,8H2,(H,16,19). The Hall–Kier alpha value is -2.34. The Morgan fingerprint density at radius 3 is 2.95 bits per heavy atom. The fourth-order valence-corrected chi connectivity index (χ4v) is 2.37. The van der Waals surface area contributed by atoms with E-state index in [0.717, 1.165) is 0 Å². The van der Waals surface area contributed by atoms with Crippen molar-refractivity contribution >= 4 is 23.4 Å². The number of rotatable bonds is 2. The Bertz CT molecular complexity index is 698. The lowest BCUT2D eigenvalue weighted by Crippen LogP contribution is -2.50. The first-order chi connectivity index (χ1) is 10.1. The summed E-state index contributed by atoms with van der Waals surface area (Å²) < 4.78 is 5.19. The topological polar surface area (TPSA) is 75.4 Å². The predicted octanol–water partition coefficient (Wildman–Crippen LogP) is 1.57. The molecule has 1 fully saturated rings. The third kappa shape index (κ3) is 2.75. The first-order valence-electron chi connectivity index (χ1n) is 6.43. The first kappa shape index (κ1) is 13.6. The van der Waals surface area contributed by atoms with Crippen LogP contribution in [0.5, 0.6) is 0 Å². The maximum Gasteiger partial charge on any atom is 0.276 e. The number of carbonyl (C=O) groups excluding carboxylic acids is 2. The van der Waals surface area contributed by atoms with Crippen LogP contribution in [0.4, 0.5) is 0 Å². The largest absolute Gasteiger partial charge is 0.355 e. The fraction of sp³-hybridized carbons (Fsp3) is 0.214. The summed E-state index contributed by atoms with van der Waals surface area (Å²) in [6.07, 6.45) is 0. The highest BCUT2D eigenvalue weighted by atomic mass is 35.5. The van der Waals surface area contributed by atoms with Crippen LogP contribution in [0.25, 0.3) is 11.3 Å². The zero-order chi connectivity index (χ0) is 14.8. The molecule has 0 saturated carbocycles. The number of nitrogens with one attached hydrogen (secondary N) is 1. The second-order valence-electron chi connectivity index (χ2n) is 4.63. The Balaban J connectivity index is 1.83. The van der Waals surface area contributed by atoms with Crippen LogP contribution in [0.3, 0.4) is 0 Å². The summed E-state index contributed by atoms with van der Waals surface area (Å²) in [6.45, 7) is 0.936. The van der Waals surface area contributed by atoms with Crippen molar-refractivity contribution in [2.75, 3.05) is 19.6 Å². The minimum atomic E-state index is -0.327. The minimum Gasteiger partial charge on any atom is -0.355 e. The lowest BCUT2D eigenvalue weighted by molar-refractivity contribution is -0.123. The molecule has 2 amide bonds. The van der Waals surface area contributed by atoms with Crippen LogP contribution in [0.1, 0.15) is 10.5 Å². The van der Waals surface area contributed by atoms with E-state index >= 15 is 0 Å². The van der Waals surface area contributed by atoms with Crippen molar-refractivity contribution in [3.63, 3.8) is 0 Å². The SMILES string of the molecule is O=C1CN(C(=O)c2cc(-c3ccccc3Cl)on2)CCN1. The van der Waals surface area contributed by atoms with E-state index in [-0.39, 0.29) is 24.1 Å². The highest BCUT2D eigenvalue weighted by Gasteiger charge is 2.25. The molecule has 0 aliphatic carbocycles. The maximum atomic E-state index is 12.3. The van der Waals surface area contributed by atoms with Crippen molar-refractivity contribution in [2.24, 2.45) is 0 Å². The summed E-state index contributed by atoms with van der Waals surface area (Å²) in [5.74, 6) is -0.0817. The van der Waals surface area contributed by atoms with Gasteiger partial charge in [0.2, 0.25) is 5.91 Å². The van der Waals surface area contributed by atoms with Gasteiger partial charge in [0.1, 0.15) is 0 Å². The summed E-state index contributed by atoms with van der Waals surface area (Å²) in [5, 5.41) is 6.96. The van der Waals surface area contributed by atoms with Crippen molar-refractivity contribution in [3.8, 4) is 11.3 Å². The number of halogens is 1. The maximum absolute atomic E-state index is 12.3. The summed E-state index contributed by atoms with van der Waals surface area (Å²) in [7, 11) is 0. The zero-order valence-electron chi connectivity index (χ0n) is 11.0. The van der Waals surface area contributed by atoms with E-state index in [2.05, 4.69) is 10.5 Å². The van der Waals surface area contributed by atoms with Gasteiger partial charge >= 0.3 is 0 Å². The van der Waals surface area contributed by atoms with Gasteiger partial charge in [0.05, 0.1) is 11.6 Å². The van der Waals surface area contributed by atoms with Crippen molar-refractivity contribution < 1.29 is 14.1 Å². The molecule has 1 aromatic carbocycles. The molecule has 0 spiro atoms. The molecule has 6 nitrogen and oxygen atoms in total. The molecule has 1 saturated heterocycles. The number of benzene rings is 1. The van der Waals surface area contributed by atoms with Gasteiger partial charge in [0.25, 0.3) is 5.91 Å². The summed E-state index contributed by atoms with van der Waals surface area (Å²) in [6, 6.07) is 8.68. The molecule has 108 valence electrons. The number of hydrogen-bond acceptors (Lipinski definition) is 4. The van der Waals surface area contributed by atoms with Gasteiger partial charge in [-0.15, -0.1) is 0 Å². The average molecular weight is 306 g/mol. The zero-order valence-corrected chi connectivity index (χ0v) is 11.8. The lowest BCUT2D eigenvalue weighted by Gasteiger charge is -2.25. The van der Waals surface area contributed by atoms with E-state index < -0.39 is 0 Å². The summed E-state index contributed by atoms with van der Waals surface area (Å²) >= 11 is 6.08. The van der Waals surface area contributed by atoms with Gasteiger partial charge in [-0.3, -0.25) is 9.59 Å². The van der Waals surface area contributed by atoms with Crippen molar-refractivity contribution in [1.82, 2.24) is 15.4 Å². The van der Waals surface area contributed by atoms with Crippen LogP contribution in [0.2, 0.25) is 5.02 Å². The van der Waals surface area contributed by atoms with E-state index in [9.17, 15) is 9.59 Å². The highest BCUT2D eigenvalue weighted by molar-refractivity contribution is 6.33. The fourth-order valence-electron chi connectivity index (χ4n) is 2.14. The number of nitrogens with zero attached hydrogens (tertiary/aromatic N) is 2. The molecular formula is C14H12ClN3O3. The third-order valence-electron chi connectivity index (χ3n) is 3.19. The lowest BCUT2D eigenvalue weighted by atomic mass is 10.1. The van der Waals surface area contributed by atoms with E-state index in [1.807, 2.05) is 6.07 Å². The molecule has 0 radical (unpaired) electrons. The van der Waals surface area contributed by atoms with Gasteiger partial charge < -0.3 is 14.7 Å². The van der Waals surface area contributed by atoms with Crippen LogP contribution in [-0.2, 0) is 4.79 Å². The number of hydrogen-bond donors (Lipinski definition) is 1. The number of piperazine rings is 1. The molecule has 1 aromatic heterocycles. The van der Waals surface area contributed by atoms with E-state index in [0.29, 0.717) is 29.4 Å². The minimum absolute atomic E-state index is 0.0348. The molecular weight excluding hydrogens is 294 g/mol. The van der Waals surface area contributed by atoms with Crippen LogP contribution in [0.15, 0.2) is 34.9 Å². The van der Waals surface area contributed by atoms with E-state index in [4.69, 9.17) is 16.1 Å². The van der Waals surface area contributed by atoms with Crippen LogP contribution in [0, 0.1) is 0 Å². The van der Waals surface area contributed by atoms with Gasteiger partial charge in [0, 0.05) is 24.7 Å². The van der Waals surface area contributed by atoms with Gasteiger partial charge in [-0.1, -0.05) is 28.9 Å². The van der Waals surface area contributed by atoms with Crippen LogP contribution in [-0.4, -0.2) is 41.5 Å². The monoisotopic (exact) mass is 305 g/mol. The summed E-state index contributed by atoms with van der Waals surface area (Å²) in [4.78, 5) is 25.0. The second kappa shape index (κ2) is 5.57. The van der Waals surface area contributed by atoms with Gasteiger partial charge in [-0.25, -0.2) is 0 Å². The van der Waals surface area contributed by atoms with Crippen molar-refractivity contribution in [1.29, 1.82) is 0 Å². The third-order valence-corrected chi connectivity index (χ3v) is 3.52. The molecule has 3 rings (SSSR count). The van der Waals surface area contributed by atoms with Crippen molar-refractivity contribution in [2.45, 2.75) is 0 Å². The number of aromatic nitrogens is 1. The van der Waals surface area contributed by atoms with Crippen LogP contribution < -0.4 is 5.32 Å². The molecule has 1 aliphatic heterocycles. The second-order valence-corrected chi connectivity index (χ2v) is 5.04. The van der Waals surface area contributed by atoms with Crippen LogP contribution >= 0.6 is 11.6 Å². The van der Waals surface area contributed by atoms with Gasteiger partial charge in [-0.2, -0.15) is 0 Å². The highest BCUT2D eigenvalue weighted by Crippen LogP contribution is 2.28. The Kier molecular flexibility index (Phi) is 3.62. The first-order valence-corrected chi connectivity index (χ1v) is 6.80. The Labute approximate surface area is 125 Å². The molecule has 7 heteroatoms. The number of amides is 2. The van der Waals surface area contributed by atoms with E-state index in [1.165, 1.54) is 11.0 Å². The molecule has 0 atom stereocenters. The van der Waals surface area contributed by atoms with Gasteiger partial charge in [-0.05, 0) is 12.1 Å². The molecule has 2 aromatic rings. The van der Waals surface area contributed by atoms with Gasteiger partial charge in [0.15, 0.2) is 11.5 Å². The normalized spacial score (nSPS) is 14.9. The average Bonchev–Trinajstić information content (AvgIpc) is 2.96. The van der Waals surface area contributed by atoms with E-state index in [1.54, 1.807) is 18.2 Å². The molecule has 1 aliphatic rings. The predicted molar refractivity (Wildman–Crippen MR) is 75.9 cm³/mol.